The fourth-order valence-electron chi connectivity index (χ4n) is 5.23. The van der Waals surface area contributed by atoms with Gasteiger partial charge >= 0.3 is 5.97 Å². The van der Waals surface area contributed by atoms with Gasteiger partial charge in [-0.15, -0.1) is 0 Å². The number of fused-ring (bicyclic) bond motifs is 1. The van der Waals surface area contributed by atoms with Crippen molar-refractivity contribution in [2.24, 2.45) is 17.8 Å². The predicted molar refractivity (Wildman–Crippen MR) is 137 cm³/mol. The molecule has 4 rings (SSSR count). The van der Waals surface area contributed by atoms with Crippen molar-refractivity contribution in [1.82, 2.24) is 9.55 Å². The molecule has 0 radical (unpaired) electrons. The van der Waals surface area contributed by atoms with Crippen LogP contribution in [0.15, 0.2) is 42.5 Å². The zero-order chi connectivity index (χ0) is 24.4. The van der Waals surface area contributed by atoms with Crippen LogP contribution in [0.3, 0.4) is 0 Å². The highest BCUT2D eigenvalue weighted by atomic mass is 16.5. The first-order chi connectivity index (χ1) is 16.3. The summed E-state index contributed by atoms with van der Waals surface area (Å²) in [6.07, 6.45) is 3.72. The minimum atomic E-state index is -0.349. The van der Waals surface area contributed by atoms with Gasteiger partial charge in [-0.3, -0.25) is 0 Å². The molecular weight excluding hydrogens is 426 g/mol. The van der Waals surface area contributed by atoms with Gasteiger partial charge in [-0.25, -0.2) is 9.78 Å². The van der Waals surface area contributed by atoms with Gasteiger partial charge in [0.15, 0.2) is 0 Å². The van der Waals surface area contributed by atoms with Crippen molar-refractivity contribution in [3.05, 3.63) is 48.0 Å². The lowest BCUT2D eigenvalue weighted by atomic mass is 9.74. The molecule has 6 nitrogen and oxygen atoms in total. The topological polar surface area (TPSA) is 65.4 Å². The standard InChI is InChI=1S/C28H37N3O3/c1-17(2)23-13-7-19(5)15-26(23)31-25-14-8-20(27(32)33-6)16-24(25)30-28(31)29-21-9-11-22(12-10-21)34-18(3)4/h8-12,14,16-19,23,26H,7,13,15H2,1-6H3,(H,29,30)/t19-,23+,26-/m1/s1. The van der Waals surface area contributed by atoms with Crippen LogP contribution in [0.2, 0.25) is 0 Å². The Balaban J connectivity index is 1.78. The predicted octanol–water partition coefficient (Wildman–Crippen LogP) is 6.99. The second-order valence-corrected chi connectivity index (χ2v) is 10.2. The maximum absolute atomic E-state index is 12.1. The van der Waals surface area contributed by atoms with Crippen molar-refractivity contribution in [3.63, 3.8) is 0 Å². The first-order valence-electron chi connectivity index (χ1n) is 12.4. The largest absolute Gasteiger partial charge is 0.491 e. The number of aromatic nitrogens is 2. The number of hydrogen-bond donors (Lipinski definition) is 1. The minimum absolute atomic E-state index is 0.133. The number of rotatable bonds is 7. The van der Waals surface area contributed by atoms with Crippen LogP contribution >= 0.6 is 0 Å². The summed E-state index contributed by atoms with van der Waals surface area (Å²) in [5, 5.41) is 3.56. The Morgan fingerprint density at radius 2 is 1.82 bits per heavy atom. The number of nitrogens with zero attached hydrogens (tertiary/aromatic N) is 2. The molecule has 3 aromatic rings. The first-order valence-corrected chi connectivity index (χ1v) is 12.4. The average molecular weight is 464 g/mol. The molecule has 182 valence electrons. The quantitative estimate of drug-likeness (QED) is 0.383. The van der Waals surface area contributed by atoms with E-state index in [9.17, 15) is 4.79 Å². The number of esters is 1. The third-order valence-corrected chi connectivity index (χ3v) is 6.91. The van der Waals surface area contributed by atoms with E-state index < -0.39 is 0 Å². The zero-order valence-corrected chi connectivity index (χ0v) is 21.2. The molecule has 3 atom stereocenters. The summed E-state index contributed by atoms with van der Waals surface area (Å²) in [5.74, 6) is 3.10. The lowest BCUT2D eigenvalue weighted by molar-refractivity contribution is 0.0601. The van der Waals surface area contributed by atoms with Crippen molar-refractivity contribution < 1.29 is 14.3 Å². The number of imidazole rings is 1. The zero-order valence-electron chi connectivity index (χ0n) is 21.2. The van der Waals surface area contributed by atoms with Crippen molar-refractivity contribution >= 4 is 28.6 Å². The van der Waals surface area contributed by atoms with Gasteiger partial charge in [0, 0.05) is 11.7 Å². The fourth-order valence-corrected chi connectivity index (χ4v) is 5.23. The van der Waals surface area contributed by atoms with Gasteiger partial charge in [-0.05, 0) is 86.9 Å². The molecule has 6 heteroatoms. The lowest BCUT2D eigenvalue weighted by Gasteiger charge is -2.39. The number of nitrogens with one attached hydrogen (secondary N) is 1. The Morgan fingerprint density at radius 1 is 1.09 bits per heavy atom. The van der Waals surface area contributed by atoms with Crippen LogP contribution in [0.5, 0.6) is 5.75 Å². The third kappa shape index (κ3) is 5.06. The Kier molecular flexibility index (Phi) is 7.15. The van der Waals surface area contributed by atoms with Crippen LogP contribution in [0.4, 0.5) is 11.6 Å². The summed E-state index contributed by atoms with van der Waals surface area (Å²) in [7, 11) is 1.40. The Labute approximate surface area is 202 Å². The second kappa shape index (κ2) is 10.1. The Morgan fingerprint density at radius 3 is 2.47 bits per heavy atom. The van der Waals surface area contributed by atoms with Gasteiger partial charge in [0.05, 0.1) is 29.8 Å². The van der Waals surface area contributed by atoms with Crippen molar-refractivity contribution in [1.29, 1.82) is 0 Å². The Hall–Kier alpha value is -3.02. The number of methoxy groups -OCH3 is 1. The second-order valence-electron chi connectivity index (χ2n) is 10.2. The van der Waals surface area contributed by atoms with Gasteiger partial charge in [-0.1, -0.05) is 27.2 Å². The average Bonchev–Trinajstić information content (AvgIpc) is 3.16. The molecule has 0 saturated heterocycles. The van der Waals surface area contributed by atoms with Crippen LogP contribution < -0.4 is 10.1 Å². The van der Waals surface area contributed by atoms with Gasteiger partial charge in [-0.2, -0.15) is 0 Å². The molecule has 1 saturated carbocycles. The molecular formula is C28H37N3O3. The molecule has 1 N–H and O–H groups in total. The molecule has 1 aliphatic carbocycles. The van der Waals surface area contributed by atoms with Gasteiger partial charge in [0.25, 0.3) is 0 Å². The minimum Gasteiger partial charge on any atom is -0.491 e. The van der Waals surface area contributed by atoms with Gasteiger partial charge in [0.1, 0.15) is 5.75 Å². The van der Waals surface area contributed by atoms with Crippen molar-refractivity contribution in [2.45, 2.75) is 66.0 Å². The van der Waals surface area contributed by atoms with E-state index in [2.05, 4.69) is 30.7 Å². The maximum atomic E-state index is 12.1. The summed E-state index contributed by atoms with van der Waals surface area (Å²) in [5.41, 5.74) is 3.30. The highest BCUT2D eigenvalue weighted by molar-refractivity contribution is 5.94. The molecule has 1 aromatic heterocycles. The number of anilines is 2. The Bertz CT molecular complexity index is 1130. The van der Waals surface area contributed by atoms with E-state index in [0.717, 1.165) is 34.8 Å². The summed E-state index contributed by atoms with van der Waals surface area (Å²) >= 11 is 0. The normalized spacial score (nSPS) is 20.6. The number of hydrogen-bond acceptors (Lipinski definition) is 5. The summed E-state index contributed by atoms with van der Waals surface area (Å²) in [4.78, 5) is 17.1. The summed E-state index contributed by atoms with van der Waals surface area (Å²) in [6.45, 7) is 11.0. The van der Waals surface area contributed by atoms with Crippen molar-refractivity contribution in [3.8, 4) is 5.75 Å². The van der Waals surface area contributed by atoms with E-state index in [0.29, 0.717) is 29.4 Å². The van der Waals surface area contributed by atoms with Crippen LogP contribution in [0.1, 0.15) is 70.3 Å². The molecule has 34 heavy (non-hydrogen) atoms. The van der Waals surface area contributed by atoms with E-state index in [4.69, 9.17) is 14.5 Å². The maximum Gasteiger partial charge on any atom is 0.337 e. The van der Waals surface area contributed by atoms with E-state index in [1.165, 1.54) is 20.0 Å². The SMILES string of the molecule is COC(=O)c1ccc2c(c1)nc(Nc1ccc(OC(C)C)cc1)n2[C@@H]1C[C@H](C)CC[C@H]1C(C)C. The molecule has 1 fully saturated rings. The van der Waals surface area contributed by atoms with Gasteiger partial charge < -0.3 is 19.4 Å². The molecule has 0 amide bonds. The lowest BCUT2D eigenvalue weighted by Crippen LogP contribution is -2.30. The molecule has 0 bridgehead atoms. The van der Waals surface area contributed by atoms with E-state index in [1.54, 1.807) is 0 Å². The molecule has 0 unspecified atom stereocenters. The van der Waals surface area contributed by atoms with E-state index >= 15 is 0 Å². The molecule has 1 heterocycles. The number of benzene rings is 2. The summed E-state index contributed by atoms with van der Waals surface area (Å²) < 4.78 is 13.1. The molecule has 2 aromatic carbocycles. The van der Waals surface area contributed by atoms with Crippen LogP contribution in [0, 0.1) is 17.8 Å². The van der Waals surface area contributed by atoms with Crippen LogP contribution in [-0.2, 0) is 4.74 Å². The van der Waals surface area contributed by atoms with E-state index in [-0.39, 0.29) is 12.1 Å². The van der Waals surface area contributed by atoms with Crippen LogP contribution in [-0.4, -0.2) is 28.7 Å². The highest BCUT2D eigenvalue weighted by Gasteiger charge is 2.34. The van der Waals surface area contributed by atoms with Crippen molar-refractivity contribution in [2.75, 3.05) is 12.4 Å². The number of carbonyl (C=O) groups is 1. The molecule has 0 spiro atoms. The van der Waals surface area contributed by atoms with Gasteiger partial charge in [0.2, 0.25) is 5.95 Å². The molecule has 1 aliphatic rings. The molecule has 0 aliphatic heterocycles. The highest BCUT2D eigenvalue weighted by Crippen LogP contribution is 2.44. The summed E-state index contributed by atoms with van der Waals surface area (Å²) in [6, 6.07) is 14.0. The first kappa shape index (κ1) is 24.1. The van der Waals surface area contributed by atoms with E-state index in [1.807, 2.05) is 56.3 Å². The number of ether oxygens (including phenoxy) is 2. The number of carbonyl (C=O) groups excluding carboxylic acids is 1. The monoisotopic (exact) mass is 463 g/mol. The van der Waals surface area contributed by atoms with Crippen LogP contribution in [0.25, 0.3) is 11.0 Å². The smallest absolute Gasteiger partial charge is 0.337 e. The third-order valence-electron chi connectivity index (χ3n) is 6.91. The fraction of sp³-hybridized carbons (Fsp3) is 0.500.